The Labute approximate surface area is 195 Å². The van der Waals surface area contributed by atoms with Gasteiger partial charge in [-0.3, -0.25) is 13.9 Å². The molecule has 7 nitrogen and oxygen atoms in total. The SMILES string of the molecule is CCCCNC(=O)[C@H](CC)N(Cc1ccccc1)C(=O)CN(c1cccc(F)c1)S(C)(=O)=O. The molecule has 0 bridgehead atoms. The zero-order valence-corrected chi connectivity index (χ0v) is 20.1. The van der Waals surface area contributed by atoms with Gasteiger partial charge in [0.2, 0.25) is 21.8 Å². The molecule has 9 heteroatoms. The average molecular weight is 478 g/mol. The highest BCUT2D eigenvalue weighted by Crippen LogP contribution is 2.20. The lowest BCUT2D eigenvalue weighted by atomic mass is 10.1. The number of hydrogen-bond acceptors (Lipinski definition) is 4. The number of hydrogen-bond donors (Lipinski definition) is 1. The molecule has 0 unspecified atom stereocenters. The number of carbonyl (C=O) groups excluding carboxylic acids is 2. The number of nitrogens with one attached hydrogen (secondary N) is 1. The predicted octanol–water partition coefficient (Wildman–Crippen LogP) is 3.32. The molecule has 0 saturated carbocycles. The lowest BCUT2D eigenvalue weighted by molar-refractivity contribution is -0.140. The summed E-state index contributed by atoms with van der Waals surface area (Å²) in [5.74, 6) is -1.45. The third-order valence-corrected chi connectivity index (χ3v) is 6.33. The number of sulfonamides is 1. The van der Waals surface area contributed by atoms with Crippen molar-refractivity contribution in [3.05, 3.63) is 66.0 Å². The highest BCUT2D eigenvalue weighted by Gasteiger charge is 2.31. The van der Waals surface area contributed by atoms with Crippen molar-refractivity contribution in [2.75, 3.05) is 23.7 Å². The van der Waals surface area contributed by atoms with Gasteiger partial charge in [0.1, 0.15) is 18.4 Å². The van der Waals surface area contributed by atoms with E-state index in [0.717, 1.165) is 35.0 Å². The quantitative estimate of drug-likeness (QED) is 0.475. The van der Waals surface area contributed by atoms with Crippen LogP contribution in [0.5, 0.6) is 0 Å². The number of benzene rings is 2. The minimum absolute atomic E-state index is 0.0472. The fourth-order valence-electron chi connectivity index (χ4n) is 3.45. The van der Waals surface area contributed by atoms with Gasteiger partial charge in [0.05, 0.1) is 11.9 Å². The molecule has 1 atom stereocenters. The maximum atomic E-state index is 13.8. The van der Waals surface area contributed by atoms with Gasteiger partial charge in [0.15, 0.2) is 0 Å². The second-order valence-electron chi connectivity index (χ2n) is 7.83. The molecular weight excluding hydrogens is 445 g/mol. The molecule has 0 heterocycles. The summed E-state index contributed by atoms with van der Waals surface area (Å²) >= 11 is 0. The minimum Gasteiger partial charge on any atom is -0.354 e. The van der Waals surface area contributed by atoms with Gasteiger partial charge in [-0.1, -0.05) is 56.7 Å². The van der Waals surface area contributed by atoms with Crippen LogP contribution in [-0.2, 0) is 26.2 Å². The van der Waals surface area contributed by atoms with E-state index in [1.807, 2.05) is 37.3 Å². The molecule has 0 aliphatic carbocycles. The molecule has 0 aliphatic rings. The van der Waals surface area contributed by atoms with Gasteiger partial charge < -0.3 is 10.2 Å². The van der Waals surface area contributed by atoms with E-state index >= 15 is 0 Å². The molecule has 0 saturated heterocycles. The first-order chi connectivity index (χ1) is 15.7. The van der Waals surface area contributed by atoms with E-state index in [0.29, 0.717) is 13.0 Å². The molecule has 2 aromatic rings. The van der Waals surface area contributed by atoms with Crippen LogP contribution in [-0.4, -0.2) is 50.5 Å². The third-order valence-electron chi connectivity index (χ3n) is 5.19. The van der Waals surface area contributed by atoms with Crippen LogP contribution in [0.4, 0.5) is 10.1 Å². The summed E-state index contributed by atoms with van der Waals surface area (Å²) in [5, 5.41) is 2.86. The summed E-state index contributed by atoms with van der Waals surface area (Å²) in [6, 6.07) is 13.5. The number of nitrogens with zero attached hydrogens (tertiary/aromatic N) is 2. The van der Waals surface area contributed by atoms with Gasteiger partial charge in [-0.15, -0.1) is 0 Å². The Balaban J connectivity index is 2.37. The van der Waals surface area contributed by atoms with Crippen LogP contribution in [0.3, 0.4) is 0 Å². The van der Waals surface area contributed by atoms with Gasteiger partial charge in [-0.2, -0.15) is 0 Å². The van der Waals surface area contributed by atoms with Gasteiger partial charge in [-0.25, -0.2) is 12.8 Å². The minimum atomic E-state index is -3.89. The van der Waals surface area contributed by atoms with E-state index in [-0.39, 0.29) is 18.1 Å². The van der Waals surface area contributed by atoms with E-state index in [1.165, 1.54) is 23.1 Å². The highest BCUT2D eigenvalue weighted by molar-refractivity contribution is 7.92. The summed E-state index contributed by atoms with van der Waals surface area (Å²) < 4.78 is 39.5. The maximum absolute atomic E-state index is 13.8. The third kappa shape index (κ3) is 7.85. The Morgan fingerprint density at radius 2 is 1.76 bits per heavy atom. The summed E-state index contributed by atoms with van der Waals surface area (Å²) in [4.78, 5) is 27.7. The van der Waals surface area contributed by atoms with E-state index in [1.54, 1.807) is 6.92 Å². The van der Waals surface area contributed by atoms with E-state index in [2.05, 4.69) is 5.32 Å². The molecule has 2 aromatic carbocycles. The predicted molar refractivity (Wildman–Crippen MR) is 128 cm³/mol. The van der Waals surface area contributed by atoms with Gasteiger partial charge >= 0.3 is 0 Å². The lowest BCUT2D eigenvalue weighted by Crippen LogP contribution is -2.52. The number of rotatable bonds is 12. The Kier molecular flexibility index (Phi) is 9.84. The Morgan fingerprint density at radius 1 is 1.06 bits per heavy atom. The van der Waals surface area contributed by atoms with Crippen molar-refractivity contribution in [2.24, 2.45) is 0 Å². The van der Waals surface area contributed by atoms with Crippen molar-refractivity contribution >= 4 is 27.5 Å². The molecular formula is C24H32FN3O4S. The van der Waals surface area contributed by atoms with Crippen LogP contribution >= 0.6 is 0 Å². The second-order valence-corrected chi connectivity index (χ2v) is 9.73. The largest absolute Gasteiger partial charge is 0.354 e. The molecule has 33 heavy (non-hydrogen) atoms. The number of amides is 2. The first-order valence-electron chi connectivity index (χ1n) is 11.0. The molecule has 2 amide bonds. The van der Waals surface area contributed by atoms with Gasteiger partial charge in [0.25, 0.3) is 0 Å². The van der Waals surface area contributed by atoms with Crippen molar-refractivity contribution in [2.45, 2.75) is 45.7 Å². The fraction of sp³-hybridized carbons (Fsp3) is 0.417. The number of halogens is 1. The summed E-state index contributed by atoms with van der Waals surface area (Å²) in [7, 11) is -3.89. The van der Waals surface area contributed by atoms with Crippen molar-refractivity contribution in [1.82, 2.24) is 10.2 Å². The van der Waals surface area contributed by atoms with Crippen molar-refractivity contribution in [3.8, 4) is 0 Å². The topological polar surface area (TPSA) is 86.8 Å². The molecule has 0 aromatic heterocycles. The van der Waals surface area contributed by atoms with Crippen molar-refractivity contribution in [3.63, 3.8) is 0 Å². The van der Waals surface area contributed by atoms with Crippen LogP contribution in [0.15, 0.2) is 54.6 Å². The standard InChI is InChI=1S/C24H32FN3O4S/c1-4-6-15-26-24(30)22(5-2)27(17-19-11-8-7-9-12-19)23(29)18-28(33(3,31)32)21-14-10-13-20(25)16-21/h7-14,16,22H,4-6,15,17-18H2,1-3H3,(H,26,30)/t22-/m0/s1. The fourth-order valence-corrected chi connectivity index (χ4v) is 4.29. The number of unbranched alkanes of at least 4 members (excludes halogenated alkanes) is 1. The van der Waals surface area contributed by atoms with Gasteiger partial charge in [-0.05, 0) is 36.6 Å². The van der Waals surface area contributed by atoms with Crippen molar-refractivity contribution in [1.29, 1.82) is 0 Å². The molecule has 0 radical (unpaired) electrons. The smallest absolute Gasteiger partial charge is 0.244 e. The normalized spacial score (nSPS) is 12.1. The van der Waals surface area contributed by atoms with Crippen molar-refractivity contribution < 1.29 is 22.4 Å². The van der Waals surface area contributed by atoms with Crippen LogP contribution in [0, 0.1) is 5.82 Å². The zero-order chi connectivity index (χ0) is 24.4. The maximum Gasteiger partial charge on any atom is 0.244 e. The average Bonchev–Trinajstić information content (AvgIpc) is 2.77. The monoisotopic (exact) mass is 477 g/mol. The van der Waals surface area contributed by atoms with Crippen LogP contribution < -0.4 is 9.62 Å². The zero-order valence-electron chi connectivity index (χ0n) is 19.3. The summed E-state index contributed by atoms with van der Waals surface area (Å²) in [6.45, 7) is 3.91. The summed E-state index contributed by atoms with van der Waals surface area (Å²) in [5.41, 5.74) is 0.855. The van der Waals surface area contributed by atoms with Crippen LogP contribution in [0.1, 0.15) is 38.7 Å². The molecule has 0 spiro atoms. The second kappa shape index (κ2) is 12.3. The Hall–Kier alpha value is -2.94. The van der Waals surface area contributed by atoms with E-state index < -0.39 is 34.3 Å². The highest BCUT2D eigenvalue weighted by atomic mass is 32.2. The first-order valence-corrected chi connectivity index (χ1v) is 12.9. The molecule has 180 valence electrons. The molecule has 1 N–H and O–H groups in total. The van der Waals surface area contributed by atoms with Gasteiger partial charge in [0, 0.05) is 13.1 Å². The summed E-state index contributed by atoms with van der Waals surface area (Å²) in [6.07, 6.45) is 3.05. The number of anilines is 1. The number of carbonyl (C=O) groups is 2. The molecule has 0 aliphatic heterocycles. The Bertz CT molecular complexity index is 1030. The molecule has 0 fully saturated rings. The lowest BCUT2D eigenvalue weighted by Gasteiger charge is -2.32. The van der Waals surface area contributed by atoms with E-state index in [9.17, 15) is 22.4 Å². The first kappa shape index (κ1) is 26.3. The molecule has 2 rings (SSSR count). The van der Waals surface area contributed by atoms with Crippen LogP contribution in [0.2, 0.25) is 0 Å². The Morgan fingerprint density at radius 3 is 2.33 bits per heavy atom. The van der Waals surface area contributed by atoms with Crippen LogP contribution in [0.25, 0.3) is 0 Å². The van der Waals surface area contributed by atoms with E-state index in [4.69, 9.17) is 0 Å².